The number of nitrogens with one attached hydrogen (secondary N) is 1. The molecule has 0 aliphatic rings. The summed E-state index contributed by atoms with van der Waals surface area (Å²) in [5, 5.41) is 21.6. The van der Waals surface area contributed by atoms with Crippen molar-refractivity contribution in [1.82, 2.24) is 5.32 Å². The number of nitro groups is 1. The van der Waals surface area contributed by atoms with Gasteiger partial charge in [-0.05, 0) is 26.0 Å². The Morgan fingerprint density at radius 2 is 1.91 bits per heavy atom. The molecule has 0 saturated carbocycles. The number of aromatic carboxylic acids is 1. The van der Waals surface area contributed by atoms with Crippen LogP contribution in [-0.4, -0.2) is 28.1 Å². The van der Waals surface area contributed by atoms with Crippen molar-refractivity contribution in [2.24, 2.45) is 0 Å². The molecule has 1 aromatic rings. The van der Waals surface area contributed by atoms with Crippen LogP contribution in [0, 0.1) is 17.0 Å². The van der Waals surface area contributed by atoms with Gasteiger partial charge in [0.1, 0.15) is 0 Å². The lowest BCUT2D eigenvalue weighted by atomic mass is 9.98. The average molecular weight is 320 g/mol. The summed E-state index contributed by atoms with van der Waals surface area (Å²) in [4.78, 5) is 32.0. The first-order valence-corrected chi connectivity index (χ1v) is 5.85. The molecule has 22 heavy (non-hydrogen) atoms. The molecule has 0 aromatic heterocycles. The third-order valence-electron chi connectivity index (χ3n) is 2.95. The van der Waals surface area contributed by atoms with Crippen molar-refractivity contribution in [3.05, 3.63) is 38.9 Å². The molecule has 0 saturated heterocycles. The largest absolute Gasteiger partial charge is 0.478 e. The van der Waals surface area contributed by atoms with Crippen LogP contribution in [0.4, 0.5) is 18.9 Å². The molecule has 0 spiro atoms. The van der Waals surface area contributed by atoms with Gasteiger partial charge in [0.25, 0.3) is 5.69 Å². The van der Waals surface area contributed by atoms with E-state index >= 15 is 0 Å². The smallest absolute Gasteiger partial charge is 0.471 e. The number of nitrogens with zero attached hydrogens (tertiary/aromatic N) is 1. The molecule has 1 unspecified atom stereocenters. The van der Waals surface area contributed by atoms with Gasteiger partial charge in [0.15, 0.2) is 0 Å². The quantitative estimate of drug-likeness (QED) is 0.653. The highest BCUT2D eigenvalue weighted by atomic mass is 19.4. The van der Waals surface area contributed by atoms with E-state index < -0.39 is 34.7 Å². The van der Waals surface area contributed by atoms with E-state index in [0.717, 1.165) is 19.1 Å². The van der Waals surface area contributed by atoms with Crippen LogP contribution in [0.5, 0.6) is 0 Å². The molecule has 1 atom stereocenters. The van der Waals surface area contributed by atoms with Gasteiger partial charge in [-0.2, -0.15) is 13.2 Å². The molecule has 0 aliphatic carbocycles. The third kappa shape index (κ3) is 3.51. The van der Waals surface area contributed by atoms with Crippen molar-refractivity contribution in [2.45, 2.75) is 26.1 Å². The third-order valence-corrected chi connectivity index (χ3v) is 2.95. The number of amides is 1. The number of benzene rings is 1. The van der Waals surface area contributed by atoms with Gasteiger partial charge < -0.3 is 10.4 Å². The number of alkyl halides is 3. The summed E-state index contributed by atoms with van der Waals surface area (Å²) >= 11 is 0. The van der Waals surface area contributed by atoms with Crippen LogP contribution < -0.4 is 5.32 Å². The standard InChI is InChI=1S/C12H11F3N2O5/c1-5-7(10(18)19)3-4-8(9(5)17(21)22)6(2)16-11(20)12(13,14)15/h3-4,6H,1-2H3,(H,16,20)(H,18,19). The zero-order chi connectivity index (χ0) is 17.2. The number of hydrogen-bond donors (Lipinski definition) is 2. The predicted molar refractivity (Wildman–Crippen MR) is 67.4 cm³/mol. The fourth-order valence-corrected chi connectivity index (χ4v) is 1.90. The number of halogens is 3. The molecule has 0 aliphatic heterocycles. The van der Waals surface area contributed by atoms with Crippen LogP contribution in [0.1, 0.15) is 34.5 Å². The van der Waals surface area contributed by atoms with E-state index in [1.165, 1.54) is 6.92 Å². The van der Waals surface area contributed by atoms with E-state index in [1.807, 2.05) is 0 Å². The maximum Gasteiger partial charge on any atom is 0.471 e. The van der Waals surface area contributed by atoms with E-state index in [2.05, 4.69) is 0 Å². The minimum atomic E-state index is -5.13. The Hall–Kier alpha value is -2.65. The minimum Gasteiger partial charge on any atom is -0.478 e. The molecule has 7 nitrogen and oxygen atoms in total. The summed E-state index contributed by atoms with van der Waals surface area (Å²) in [6.45, 7) is 2.30. The van der Waals surface area contributed by atoms with Crippen LogP contribution in [0.2, 0.25) is 0 Å². The van der Waals surface area contributed by atoms with Gasteiger partial charge in [-0.1, -0.05) is 0 Å². The molecule has 2 N–H and O–H groups in total. The van der Waals surface area contributed by atoms with Crippen molar-refractivity contribution in [2.75, 3.05) is 0 Å². The van der Waals surface area contributed by atoms with Gasteiger partial charge in [0, 0.05) is 5.56 Å². The van der Waals surface area contributed by atoms with Crippen LogP contribution in [-0.2, 0) is 4.79 Å². The molecule has 0 heterocycles. The summed E-state index contributed by atoms with van der Waals surface area (Å²) in [6.07, 6.45) is -5.13. The van der Waals surface area contributed by atoms with Gasteiger partial charge in [0.2, 0.25) is 0 Å². The lowest BCUT2D eigenvalue weighted by Crippen LogP contribution is -2.38. The molecule has 1 rings (SSSR count). The topological polar surface area (TPSA) is 110 Å². The van der Waals surface area contributed by atoms with E-state index in [9.17, 15) is 32.9 Å². The first-order valence-electron chi connectivity index (χ1n) is 5.85. The van der Waals surface area contributed by atoms with Gasteiger partial charge in [-0.15, -0.1) is 0 Å². The number of hydrogen-bond acceptors (Lipinski definition) is 4. The number of nitro benzene ring substituents is 1. The molecule has 1 aromatic carbocycles. The molecular weight excluding hydrogens is 309 g/mol. The fraction of sp³-hybridized carbons (Fsp3) is 0.333. The van der Waals surface area contributed by atoms with Crippen molar-refractivity contribution in [3.63, 3.8) is 0 Å². The lowest BCUT2D eigenvalue weighted by molar-refractivity contribution is -0.386. The predicted octanol–water partition coefficient (Wildman–Crippen LogP) is 2.34. The number of rotatable bonds is 4. The maximum absolute atomic E-state index is 12.2. The Morgan fingerprint density at radius 1 is 1.36 bits per heavy atom. The molecule has 0 fully saturated rings. The Morgan fingerprint density at radius 3 is 2.32 bits per heavy atom. The van der Waals surface area contributed by atoms with Crippen molar-refractivity contribution in [1.29, 1.82) is 0 Å². The summed E-state index contributed by atoms with van der Waals surface area (Å²) in [5.74, 6) is -3.65. The van der Waals surface area contributed by atoms with Gasteiger partial charge >= 0.3 is 18.1 Å². The van der Waals surface area contributed by atoms with Gasteiger partial charge in [0.05, 0.1) is 22.1 Å². The Labute approximate surface area is 121 Å². The molecule has 0 radical (unpaired) electrons. The van der Waals surface area contributed by atoms with E-state index in [-0.39, 0.29) is 16.7 Å². The minimum absolute atomic E-state index is 0.205. The Balaban J connectivity index is 3.30. The van der Waals surface area contributed by atoms with Crippen molar-refractivity contribution < 1.29 is 32.8 Å². The SMILES string of the molecule is Cc1c(C(=O)O)ccc(C(C)NC(=O)C(F)(F)F)c1[N+](=O)[O-]. The number of carboxylic acids is 1. The van der Waals surface area contributed by atoms with Crippen LogP contribution in [0.25, 0.3) is 0 Å². The number of carboxylic acid groups (broad SMARTS) is 1. The summed E-state index contributed by atoms with van der Waals surface area (Å²) in [6, 6.07) is 0.725. The van der Waals surface area contributed by atoms with E-state index in [1.54, 1.807) is 5.32 Å². The first-order chi connectivity index (χ1) is 9.96. The molecular formula is C12H11F3N2O5. The van der Waals surface area contributed by atoms with Gasteiger partial charge in [-0.3, -0.25) is 14.9 Å². The maximum atomic E-state index is 12.2. The highest BCUT2D eigenvalue weighted by Gasteiger charge is 2.40. The molecule has 0 bridgehead atoms. The van der Waals surface area contributed by atoms with Gasteiger partial charge in [-0.25, -0.2) is 4.79 Å². The number of carbonyl (C=O) groups excluding carboxylic acids is 1. The first kappa shape index (κ1) is 17.4. The van der Waals surface area contributed by atoms with Crippen molar-refractivity contribution >= 4 is 17.6 Å². The van der Waals surface area contributed by atoms with E-state index in [0.29, 0.717) is 0 Å². The highest BCUT2D eigenvalue weighted by Crippen LogP contribution is 2.31. The number of carbonyl (C=O) groups is 2. The summed E-state index contributed by atoms with van der Waals surface area (Å²) in [5.41, 5.74) is -1.41. The van der Waals surface area contributed by atoms with Crippen LogP contribution in [0.15, 0.2) is 12.1 Å². The Kier molecular flexibility index (Phi) is 4.74. The zero-order valence-electron chi connectivity index (χ0n) is 11.4. The molecule has 120 valence electrons. The second-order valence-electron chi connectivity index (χ2n) is 4.43. The monoisotopic (exact) mass is 320 g/mol. The fourth-order valence-electron chi connectivity index (χ4n) is 1.90. The van der Waals surface area contributed by atoms with Crippen LogP contribution >= 0.6 is 0 Å². The summed E-state index contributed by atoms with van der Waals surface area (Å²) < 4.78 is 36.6. The highest BCUT2D eigenvalue weighted by molar-refractivity contribution is 5.91. The average Bonchev–Trinajstić information content (AvgIpc) is 2.35. The second kappa shape index (κ2) is 6.00. The normalized spacial score (nSPS) is 12.6. The summed E-state index contributed by atoms with van der Waals surface area (Å²) in [7, 11) is 0. The second-order valence-corrected chi connectivity index (χ2v) is 4.43. The lowest BCUT2D eigenvalue weighted by Gasteiger charge is -2.17. The van der Waals surface area contributed by atoms with E-state index in [4.69, 9.17) is 5.11 Å². The Bertz CT molecular complexity index is 642. The molecule has 1 amide bonds. The zero-order valence-corrected chi connectivity index (χ0v) is 11.4. The van der Waals surface area contributed by atoms with Crippen molar-refractivity contribution in [3.8, 4) is 0 Å². The molecule has 10 heteroatoms. The van der Waals surface area contributed by atoms with Crippen LogP contribution in [0.3, 0.4) is 0 Å².